The van der Waals surface area contributed by atoms with Crippen molar-refractivity contribution < 1.29 is 19.1 Å². The molecule has 1 N–H and O–H groups in total. The third-order valence-corrected chi connectivity index (χ3v) is 4.92. The average Bonchev–Trinajstić information content (AvgIpc) is 2.60. The summed E-state index contributed by atoms with van der Waals surface area (Å²) in [6.07, 6.45) is 1.97. The predicted molar refractivity (Wildman–Crippen MR) is 98.1 cm³/mol. The summed E-state index contributed by atoms with van der Waals surface area (Å²) in [4.78, 5) is 26.1. The molecule has 0 fully saturated rings. The number of carbonyl (C=O) groups excluding carboxylic acids is 2. The highest BCUT2D eigenvalue weighted by Gasteiger charge is 2.38. The lowest BCUT2D eigenvalue weighted by Crippen LogP contribution is -2.32. The van der Waals surface area contributed by atoms with E-state index in [0.29, 0.717) is 22.5 Å². The van der Waals surface area contributed by atoms with Crippen LogP contribution in [0.2, 0.25) is 0 Å². The Morgan fingerprint density at radius 1 is 1.12 bits per heavy atom. The zero-order valence-corrected chi connectivity index (χ0v) is 16.0. The van der Waals surface area contributed by atoms with Crippen molar-refractivity contribution in [2.75, 3.05) is 20.0 Å². The first-order valence-corrected chi connectivity index (χ1v) is 9.25. The summed E-state index contributed by atoms with van der Waals surface area (Å²) in [6, 6.07) is 7.75. The fourth-order valence-corrected chi connectivity index (χ4v) is 3.71. The highest BCUT2D eigenvalue weighted by molar-refractivity contribution is 7.98. The van der Waals surface area contributed by atoms with Crippen LogP contribution in [0, 0.1) is 0 Å². The molecule has 1 aliphatic heterocycles. The minimum atomic E-state index is -0.531. The van der Waals surface area contributed by atoms with Gasteiger partial charge in [0.25, 0.3) is 0 Å². The third kappa shape index (κ3) is 3.74. The first-order valence-electron chi connectivity index (χ1n) is 8.03. The monoisotopic (exact) mass is 361 g/mol. The number of ether oxygens (including phenoxy) is 2. The second kappa shape index (κ2) is 8.25. The van der Waals surface area contributed by atoms with Gasteiger partial charge in [-0.1, -0.05) is 18.2 Å². The Hall–Kier alpha value is -2.21. The molecule has 2 rings (SSSR count). The van der Waals surface area contributed by atoms with Crippen LogP contribution in [0.5, 0.6) is 0 Å². The van der Waals surface area contributed by atoms with Crippen LogP contribution >= 0.6 is 11.8 Å². The summed E-state index contributed by atoms with van der Waals surface area (Å²) < 4.78 is 10.2. The molecule has 0 saturated carbocycles. The van der Waals surface area contributed by atoms with Crippen molar-refractivity contribution in [3.8, 4) is 0 Å². The third-order valence-electron chi connectivity index (χ3n) is 4.11. The van der Waals surface area contributed by atoms with Crippen LogP contribution in [0.25, 0.3) is 0 Å². The topological polar surface area (TPSA) is 64.6 Å². The van der Waals surface area contributed by atoms with Gasteiger partial charge in [-0.2, -0.15) is 0 Å². The second-order valence-corrected chi connectivity index (χ2v) is 6.44. The quantitative estimate of drug-likeness (QED) is 0.641. The van der Waals surface area contributed by atoms with E-state index < -0.39 is 17.9 Å². The van der Waals surface area contributed by atoms with Crippen molar-refractivity contribution in [2.45, 2.75) is 31.6 Å². The molecule has 1 aromatic carbocycles. The largest absolute Gasteiger partial charge is 0.466 e. The van der Waals surface area contributed by atoms with E-state index in [4.69, 9.17) is 9.47 Å². The number of methoxy groups -OCH3 is 1. The summed E-state index contributed by atoms with van der Waals surface area (Å²) >= 11 is 1.57. The van der Waals surface area contributed by atoms with Crippen molar-refractivity contribution in [3.63, 3.8) is 0 Å². The average molecular weight is 361 g/mol. The molecule has 6 heteroatoms. The van der Waals surface area contributed by atoms with E-state index in [-0.39, 0.29) is 6.61 Å². The van der Waals surface area contributed by atoms with Crippen LogP contribution in [0.4, 0.5) is 0 Å². The van der Waals surface area contributed by atoms with E-state index in [2.05, 4.69) is 5.32 Å². The summed E-state index contributed by atoms with van der Waals surface area (Å²) in [7, 11) is 1.34. The molecule has 0 saturated heterocycles. The number of allylic oxidation sites excluding steroid dienone is 2. The number of rotatable bonds is 5. The van der Waals surface area contributed by atoms with Gasteiger partial charge in [0.1, 0.15) is 0 Å². The Labute approximate surface area is 152 Å². The highest BCUT2D eigenvalue weighted by Crippen LogP contribution is 2.42. The number of dihydropyridines is 1. The fourth-order valence-electron chi connectivity index (χ4n) is 3.07. The van der Waals surface area contributed by atoms with Crippen LogP contribution in [0.3, 0.4) is 0 Å². The number of esters is 2. The van der Waals surface area contributed by atoms with E-state index in [9.17, 15) is 9.59 Å². The molecular formula is C19H23NO4S. The molecule has 1 aliphatic rings. The Morgan fingerprint density at radius 3 is 2.28 bits per heavy atom. The van der Waals surface area contributed by atoms with E-state index in [1.165, 1.54) is 7.11 Å². The van der Waals surface area contributed by atoms with Crippen molar-refractivity contribution in [2.24, 2.45) is 0 Å². The lowest BCUT2D eigenvalue weighted by Gasteiger charge is -2.31. The van der Waals surface area contributed by atoms with Gasteiger partial charge in [-0.25, -0.2) is 9.59 Å². The molecule has 0 spiro atoms. The number of thioether (sulfide) groups is 1. The maximum Gasteiger partial charge on any atom is 0.336 e. The minimum absolute atomic E-state index is 0.267. The van der Waals surface area contributed by atoms with Gasteiger partial charge < -0.3 is 14.8 Å². The highest BCUT2D eigenvalue weighted by atomic mass is 32.2. The van der Waals surface area contributed by atoms with Crippen LogP contribution in [0.15, 0.2) is 51.7 Å². The number of benzene rings is 1. The van der Waals surface area contributed by atoms with Crippen molar-refractivity contribution in [1.82, 2.24) is 5.32 Å². The van der Waals surface area contributed by atoms with E-state index in [1.807, 2.05) is 44.4 Å². The molecule has 0 amide bonds. The van der Waals surface area contributed by atoms with Crippen molar-refractivity contribution in [1.29, 1.82) is 0 Å². The Bertz CT molecular complexity index is 752. The van der Waals surface area contributed by atoms with Gasteiger partial charge in [-0.05, 0) is 38.7 Å². The van der Waals surface area contributed by atoms with Gasteiger partial charge in [0.15, 0.2) is 0 Å². The Balaban J connectivity index is 2.72. The zero-order chi connectivity index (χ0) is 18.6. The van der Waals surface area contributed by atoms with Crippen LogP contribution in [-0.2, 0) is 19.1 Å². The van der Waals surface area contributed by atoms with Gasteiger partial charge in [0.2, 0.25) is 0 Å². The fraction of sp³-hybridized carbons (Fsp3) is 0.368. The standard InChI is InChI=1S/C19H23NO4S/c1-6-24-19(22)16-12(3)20-11(2)15(18(21)23-4)17(16)13-9-7-8-10-14(13)25-5/h7-10,17,20H,6H2,1-5H3. The molecule has 1 heterocycles. The lowest BCUT2D eigenvalue weighted by atomic mass is 9.80. The second-order valence-electron chi connectivity index (χ2n) is 5.59. The summed E-state index contributed by atoms with van der Waals surface area (Å²) in [6.45, 7) is 5.66. The molecule has 1 unspecified atom stereocenters. The molecule has 134 valence electrons. The van der Waals surface area contributed by atoms with Gasteiger partial charge in [0, 0.05) is 16.3 Å². The maximum atomic E-state index is 12.7. The van der Waals surface area contributed by atoms with Crippen LogP contribution < -0.4 is 5.32 Å². The van der Waals surface area contributed by atoms with Crippen molar-refractivity contribution >= 4 is 23.7 Å². The van der Waals surface area contributed by atoms with Crippen molar-refractivity contribution in [3.05, 3.63) is 52.4 Å². The van der Waals surface area contributed by atoms with E-state index in [0.717, 1.165) is 10.5 Å². The van der Waals surface area contributed by atoms with Gasteiger partial charge in [0.05, 0.1) is 30.8 Å². The summed E-state index contributed by atoms with van der Waals surface area (Å²) in [5.41, 5.74) is 3.12. The molecular weight excluding hydrogens is 338 g/mol. The van der Waals surface area contributed by atoms with Gasteiger partial charge >= 0.3 is 11.9 Å². The molecule has 5 nitrogen and oxygen atoms in total. The Kier molecular flexibility index (Phi) is 6.31. The summed E-state index contributed by atoms with van der Waals surface area (Å²) in [5, 5.41) is 3.12. The zero-order valence-electron chi connectivity index (χ0n) is 15.1. The van der Waals surface area contributed by atoms with E-state index in [1.54, 1.807) is 18.7 Å². The molecule has 25 heavy (non-hydrogen) atoms. The van der Waals surface area contributed by atoms with Gasteiger partial charge in [-0.15, -0.1) is 11.8 Å². The minimum Gasteiger partial charge on any atom is -0.466 e. The molecule has 1 aromatic rings. The van der Waals surface area contributed by atoms with Crippen LogP contribution in [0.1, 0.15) is 32.3 Å². The number of carbonyl (C=O) groups is 2. The lowest BCUT2D eigenvalue weighted by molar-refractivity contribution is -0.139. The van der Waals surface area contributed by atoms with Crippen LogP contribution in [-0.4, -0.2) is 31.9 Å². The predicted octanol–water partition coefficient (Wildman–Crippen LogP) is 3.38. The molecule has 0 aromatic heterocycles. The summed E-state index contributed by atoms with van der Waals surface area (Å²) in [5.74, 6) is -1.42. The SMILES string of the molecule is CCOC(=O)C1=C(C)NC(C)=C(C(=O)OC)C1c1ccccc1SC. The number of hydrogen-bond acceptors (Lipinski definition) is 6. The molecule has 1 atom stereocenters. The smallest absolute Gasteiger partial charge is 0.336 e. The first-order chi connectivity index (χ1) is 12.0. The molecule has 0 bridgehead atoms. The molecule has 0 aliphatic carbocycles. The van der Waals surface area contributed by atoms with E-state index >= 15 is 0 Å². The first kappa shape index (κ1) is 19.1. The Morgan fingerprint density at radius 2 is 1.72 bits per heavy atom. The van der Waals surface area contributed by atoms with Gasteiger partial charge in [-0.3, -0.25) is 0 Å². The maximum absolute atomic E-state index is 12.7. The normalized spacial score (nSPS) is 17.2. The molecule has 0 radical (unpaired) electrons. The number of hydrogen-bond donors (Lipinski definition) is 1. The number of nitrogens with one attached hydrogen (secondary N) is 1.